The zero-order valence-electron chi connectivity index (χ0n) is 24.4. The Labute approximate surface area is 256 Å². The standard InChI is InChI=1S/C34H35N3O5S/c1-3-4-5-9-18-40-26-13-15-27(16-14-26)41-19-20-42-30-17-12-24(22-31(30)39-2)21-28-32(35)37-29(25-10-7-6-8-11-25)23-43-34(37)36-33(28)38/h6-8,10-17,21-23,35H,3-5,9,18-20H2,1-2H3/b28-21-,35-32?. The maximum absolute atomic E-state index is 12.9. The maximum atomic E-state index is 12.9. The molecule has 3 aromatic carbocycles. The van der Waals surface area contributed by atoms with E-state index in [2.05, 4.69) is 11.9 Å². The Bertz CT molecular complexity index is 1530. The minimum Gasteiger partial charge on any atom is -0.494 e. The number of unbranched alkanes of at least 4 members (excludes halogenated alkanes) is 3. The van der Waals surface area contributed by atoms with Gasteiger partial charge in [0.25, 0.3) is 5.91 Å². The highest BCUT2D eigenvalue weighted by atomic mass is 32.2. The van der Waals surface area contributed by atoms with Crippen molar-refractivity contribution in [3.8, 4) is 23.0 Å². The fourth-order valence-corrected chi connectivity index (χ4v) is 5.53. The van der Waals surface area contributed by atoms with Gasteiger partial charge in [-0.15, -0.1) is 0 Å². The van der Waals surface area contributed by atoms with Crippen LogP contribution in [0.5, 0.6) is 23.0 Å². The second kappa shape index (κ2) is 14.6. The van der Waals surface area contributed by atoms with Gasteiger partial charge in [-0.3, -0.25) is 15.1 Å². The minimum atomic E-state index is -0.450. The summed E-state index contributed by atoms with van der Waals surface area (Å²) in [5, 5.41) is 11.2. The van der Waals surface area contributed by atoms with E-state index < -0.39 is 5.91 Å². The van der Waals surface area contributed by atoms with E-state index in [0.717, 1.165) is 35.8 Å². The zero-order valence-corrected chi connectivity index (χ0v) is 25.2. The van der Waals surface area contributed by atoms with Crippen molar-refractivity contribution in [2.75, 3.05) is 26.9 Å². The lowest BCUT2D eigenvalue weighted by atomic mass is 10.1. The van der Waals surface area contributed by atoms with E-state index in [1.165, 1.54) is 31.0 Å². The van der Waals surface area contributed by atoms with Crippen molar-refractivity contribution in [2.24, 2.45) is 4.99 Å². The summed E-state index contributed by atoms with van der Waals surface area (Å²) in [7, 11) is 1.56. The molecule has 5 rings (SSSR count). The number of amides is 1. The van der Waals surface area contributed by atoms with Gasteiger partial charge in [0.05, 0.1) is 25.0 Å². The molecule has 1 N–H and O–H groups in total. The highest BCUT2D eigenvalue weighted by Crippen LogP contribution is 2.37. The quantitative estimate of drug-likeness (QED) is 0.153. The first kappa shape index (κ1) is 30.0. The van der Waals surface area contributed by atoms with Crippen molar-refractivity contribution in [3.63, 3.8) is 0 Å². The van der Waals surface area contributed by atoms with Crippen LogP contribution in [0.4, 0.5) is 0 Å². The number of carbonyl (C=O) groups excluding carboxylic acids is 1. The van der Waals surface area contributed by atoms with Gasteiger partial charge in [-0.2, -0.15) is 4.99 Å². The van der Waals surface area contributed by atoms with E-state index in [1.54, 1.807) is 30.2 Å². The first-order valence-corrected chi connectivity index (χ1v) is 15.3. The smallest absolute Gasteiger partial charge is 0.283 e. The molecule has 0 unspecified atom stereocenters. The number of nitrogens with one attached hydrogen (secondary N) is 1. The van der Waals surface area contributed by atoms with Crippen molar-refractivity contribution in [2.45, 2.75) is 32.6 Å². The third-order valence-electron chi connectivity index (χ3n) is 6.88. The maximum Gasteiger partial charge on any atom is 0.283 e. The van der Waals surface area contributed by atoms with Crippen LogP contribution < -0.4 is 18.9 Å². The molecule has 0 aromatic heterocycles. The Morgan fingerprint density at radius 3 is 2.30 bits per heavy atom. The SMILES string of the molecule is CCCCCCOc1ccc(OCCOc2ccc(/C=C3/C(=N)N4C(c5ccccc5)=CSC4=NC3=O)cc2OC)cc1. The van der Waals surface area contributed by atoms with E-state index in [4.69, 9.17) is 24.4 Å². The molecule has 0 radical (unpaired) electrons. The number of ether oxygens (including phenoxy) is 4. The van der Waals surface area contributed by atoms with E-state index in [-0.39, 0.29) is 11.4 Å². The van der Waals surface area contributed by atoms with Crippen molar-refractivity contribution >= 4 is 40.4 Å². The second-order valence-electron chi connectivity index (χ2n) is 9.92. The number of aliphatic imine (C=N–C) groups is 1. The van der Waals surface area contributed by atoms with Gasteiger partial charge in [0, 0.05) is 5.41 Å². The van der Waals surface area contributed by atoms with Crippen LogP contribution in [0.15, 0.2) is 88.8 Å². The molecular formula is C34H35N3O5S. The molecule has 8 nitrogen and oxygen atoms in total. The Balaban J connectivity index is 1.17. The van der Waals surface area contributed by atoms with Crippen molar-refractivity contribution in [1.29, 1.82) is 5.41 Å². The fourth-order valence-electron chi connectivity index (χ4n) is 4.64. The Hall–Kier alpha value is -4.50. The first-order chi connectivity index (χ1) is 21.1. The van der Waals surface area contributed by atoms with Crippen LogP contribution in [-0.4, -0.2) is 48.7 Å². The number of fused-ring (bicyclic) bond motifs is 1. The molecule has 222 valence electrons. The predicted molar refractivity (Wildman–Crippen MR) is 172 cm³/mol. The van der Waals surface area contributed by atoms with Gasteiger partial charge in [0.2, 0.25) is 0 Å². The van der Waals surface area contributed by atoms with Gasteiger partial charge < -0.3 is 18.9 Å². The average Bonchev–Trinajstić information content (AvgIpc) is 3.46. The monoisotopic (exact) mass is 597 g/mol. The summed E-state index contributed by atoms with van der Waals surface area (Å²) < 4.78 is 23.1. The highest BCUT2D eigenvalue weighted by Gasteiger charge is 2.36. The summed E-state index contributed by atoms with van der Waals surface area (Å²) in [4.78, 5) is 18.8. The Morgan fingerprint density at radius 2 is 1.58 bits per heavy atom. The summed E-state index contributed by atoms with van der Waals surface area (Å²) in [5.74, 6) is 2.27. The average molecular weight is 598 g/mol. The fraction of sp³-hybridized carbons (Fsp3) is 0.265. The summed E-state index contributed by atoms with van der Waals surface area (Å²) in [6, 6.07) is 22.7. The molecule has 2 aliphatic rings. The molecule has 0 bridgehead atoms. The largest absolute Gasteiger partial charge is 0.494 e. The van der Waals surface area contributed by atoms with Crippen LogP contribution in [0.1, 0.15) is 43.7 Å². The summed E-state index contributed by atoms with van der Waals surface area (Å²) in [6.45, 7) is 3.59. The van der Waals surface area contributed by atoms with Crippen LogP contribution in [-0.2, 0) is 4.79 Å². The van der Waals surface area contributed by atoms with E-state index in [9.17, 15) is 4.79 Å². The third-order valence-corrected chi connectivity index (χ3v) is 7.71. The molecule has 0 aliphatic carbocycles. The van der Waals surface area contributed by atoms with E-state index in [1.807, 2.05) is 66.1 Å². The summed E-state index contributed by atoms with van der Waals surface area (Å²) >= 11 is 1.34. The molecule has 9 heteroatoms. The number of rotatable bonds is 14. The van der Waals surface area contributed by atoms with Crippen LogP contribution in [0.3, 0.4) is 0 Å². The molecule has 0 atom stereocenters. The topological polar surface area (TPSA) is 93.4 Å². The molecule has 43 heavy (non-hydrogen) atoms. The van der Waals surface area contributed by atoms with Gasteiger partial charge in [0.15, 0.2) is 16.7 Å². The number of carbonyl (C=O) groups is 1. The van der Waals surface area contributed by atoms with Gasteiger partial charge in [-0.25, -0.2) is 0 Å². The predicted octanol–water partition coefficient (Wildman–Crippen LogP) is 7.42. The molecule has 0 saturated heterocycles. The lowest BCUT2D eigenvalue weighted by Gasteiger charge is -2.27. The second-order valence-corrected chi connectivity index (χ2v) is 10.8. The zero-order chi connectivity index (χ0) is 30.0. The number of benzene rings is 3. The van der Waals surface area contributed by atoms with Gasteiger partial charge >= 0.3 is 0 Å². The lowest BCUT2D eigenvalue weighted by Crippen LogP contribution is -2.38. The highest BCUT2D eigenvalue weighted by molar-refractivity contribution is 8.17. The molecule has 1 amide bonds. The number of hydrogen-bond donors (Lipinski definition) is 1. The molecule has 2 aliphatic heterocycles. The molecule has 0 spiro atoms. The number of methoxy groups -OCH3 is 1. The summed E-state index contributed by atoms with van der Waals surface area (Å²) in [5.41, 5.74) is 2.66. The molecule has 3 aromatic rings. The lowest BCUT2D eigenvalue weighted by molar-refractivity contribution is -0.114. The van der Waals surface area contributed by atoms with Crippen LogP contribution in [0, 0.1) is 5.41 Å². The first-order valence-electron chi connectivity index (χ1n) is 14.4. The Kier molecular flexibility index (Phi) is 10.2. The normalized spacial score (nSPS) is 15.2. The van der Waals surface area contributed by atoms with Gasteiger partial charge in [-0.1, -0.05) is 74.3 Å². The van der Waals surface area contributed by atoms with Crippen molar-refractivity contribution < 1.29 is 23.7 Å². The minimum absolute atomic E-state index is 0.0816. The molecular weight excluding hydrogens is 562 g/mol. The van der Waals surface area contributed by atoms with Crippen molar-refractivity contribution in [1.82, 2.24) is 4.90 Å². The summed E-state index contributed by atoms with van der Waals surface area (Å²) in [6.07, 6.45) is 6.36. The van der Waals surface area contributed by atoms with Crippen molar-refractivity contribution in [3.05, 3.63) is 94.9 Å². The van der Waals surface area contributed by atoms with Crippen LogP contribution >= 0.6 is 11.8 Å². The van der Waals surface area contributed by atoms with Gasteiger partial charge in [0.1, 0.15) is 30.5 Å². The van der Waals surface area contributed by atoms with Crippen LogP contribution in [0.2, 0.25) is 0 Å². The van der Waals surface area contributed by atoms with Gasteiger partial charge in [-0.05, 0) is 60.0 Å². The Morgan fingerprint density at radius 1 is 0.860 bits per heavy atom. The molecule has 0 fully saturated rings. The van der Waals surface area contributed by atoms with Crippen LogP contribution in [0.25, 0.3) is 11.8 Å². The molecule has 0 saturated carbocycles. The number of nitrogens with zero attached hydrogens (tertiary/aromatic N) is 2. The number of amidine groups is 2. The molecule has 2 heterocycles. The number of hydrogen-bond acceptors (Lipinski definition) is 7. The van der Waals surface area contributed by atoms with E-state index >= 15 is 0 Å². The third kappa shape index (κ3) is 7.48. The number of thioether (sulfide) groups is 1. The van der Waals surface area contributed by atoms with E-state index in [0.29, 0.717) is 35.4 Å².